The zero-order valence-electron chi connectivity index (χ0n) is 26.7. The molecule has 1 amide bonds. The van der Waals surface area contributed by atoms with Crippen LogP contribution in [0.2, 0.25) is 0 Å². The van der Waals surface area contributed by atoms with Gasteiger partial charge in [0, 0.05) is 23.6 Å². The molecular weight excluding hydrogens is 615 g/mol. The largest absolute Gasteiger partial charge is 0.496 e. The van der Waals surface area contributed by atoms with Crippen molar-refractivity contribution in [2.75, 3.05) is 13.7 Å². The van der Waals surface area contributed by atoms with Crippen molar-refractivity contribution < 1.29 is 23.5 Å². The maximum Gasteiger partial charge on any atom is 0.333 e. The summed E-state index contributed by atoms with van der Waals surface area (Å²) in [6.07, 6.45) is 6.90. The Morgan fingerprint density at radius 1 is 1.15 bits per heavy atom. The quantitative estimate of drug-likeness (QED) is 0.240. The molecule has 1 saturated carbocycles. The van der Waals surface area contributed by atoms with Crippen LogP contribution in [0.25, 0.3) is 15.2 Å². The number of fused-ring (bicyclic) bond motifs is 1. The lowest BCUT2D eigenvalue weighted by Crippen LogP contribution is -2.57. The zero-order valence-corrected chi connectivity index (χ0v) is 27.5. The van der Waals surface area contributed by atoms with E-state index in [9.17, 15) is 23.6 Å². The highest BCUT2D eigenvalue weighted by Crippen LogP contribution is 2.34. The summed E-state index contributed by atoms with van der Waals surface area (Å²) in [7, 11) is 1.44. The third-order valence-electron chi connectivity index (χ3n) is 8.50. The Kier molecular flexibility index (Phi) is 9.87. The van der Waals surface area contributed by atoms with Crippen LogP contribution >= 0.6 is 11.3 Å². The van der Waals surface area contributed by atoms with Crippen molar-refractivity contribution in [2.45, 2.75) is 90.4 Å². The van der Waals surface area contributed by atoms with Gasteiger partial charge < -0.3 is 14.8 Å². The highest BCUT2D eigenvalue weighted by molar-refractivity contribution is 7.21. The second kappa shape index (κ2) is 13.7. The SMILES string of the molecule is COc1ccc(F)cc1[C@H](Cn1c(=O)n(C(C)(C)C(=O)NC2CCCCC2)c(=O)c2c(C)c(-n3nccn3)sc21)OCCC(C)=O. The van der Waals surface area contributed by atoms with Crippen LogP contribution in [0.1, 0.15) is 76.5 Å². The molecule has 1 aliphatic carbocycles. The molecule has 0 spiro atoms. The number of aromatic nitrogens is 5. The highest BCUT2D eigenvalue weighted by atomic mass is 32.1. The number of rotatable bonds is 12. The number of hydrogen-bond donors (Lipinski definition) is 1. The van der Waals surface area contributed by atoms with Gasteiger partial charge in [-0.25, -0.2) is 13.8 Å². The molecule has 14 heteroatoms. The summed E-state index contributed by atoms with van der Waals surface area (Å²) in [5, 5.41) is 12.3. The van der Waals surface area contributed by atoms with Crippen molar-refractivity contribution in [3.05, 3.63) is 68.4 Å². The first-order valence-electron chi connectivity index (χ1n) is 15.4. The zero-order chi connectivity index (χ0) is 33.2. The molecule has 0 radical (unpaired) electrons. The van der Waals surface area contributed by atoms with Gasteiger partial charge >= 0.3 is 5.69 Å². The van der Waals surface area contributed by atoms with Crippen molar-refractivity contribution in [2.24, 2.45) is 0 Å². The number of methoxy groups -OCH3 is 1. The molecule has 0 aliphatic heterocycles. The van der Waals surface area contributed by atoms with Gasteiger partial charge in [0.15, 0.2) is 0 Å². The van der Waals surface area contributed by atoms with E-state index < -0.39 is 34.6 Å². The highest BCUT2D eigenvalue weighted by Gasteiger charge is 2.37. The predicted octanol–water partition coefficient (Wildman–Crippen LogP) is 4.18. The lowest BCUT2D eigenvalue weighted by Gasteiger charge is -2.31. The van der Waals surface area contributed by atoms with Gasteiger partial charge in [-0.3, -0.25) is 19.0 Å². The molecule has 3 aromatic heterocycles. The van der Waals surface area contributed by atoms with Crippen LogP contribution in [0.15, 0.2) is 40.2 Å². The molecule has 1 N–H and O–H groups in total. The summed E-state index contributed by atoms with van der Waals surface area (Å²) >= 11 is 1.14. The number of nitrogens with zero attached hydrogens (tertiary/aromatic N) is 5. The van der Waals surface area contributed by atoms with Gasteiger partial charge in [0.1, 0.15) is 38.8 Å². The molecule has 0 unspecified atom stereocenters. The van der Waals surface area contributed by atoms with Crippen molar-refractivity contribution in [3.8, 4) is 10.8 Å². The second-order valence-electron chi connectivity index (χ2n) is 12.1. The van der Waals surface area contributed by atoms with Crippen molar-refractivity contribution in [3.63, 3.8) is 0 Å². The smallest absolute Gasteiger partial charge is 0.333 e. The Bertz CT molecular complexity index is 1860. The lowest BCUT2D eigenvalue weighted by atomic mass is 9.94. The van der Waals surface area contributed by atoms with Gasteiger partial charge in [-0.15, -0.1) is 4.80 Å². The van der Waals surface area contributed by atoms with Gasteiger partial charge in [0.25, 0.3) is 5.56 Å². The lowest BCUT2D eigenvalue weighted by molar-refractivity contribution is -0.129. The van der Waals surface area contributed by atoms with Crippen molar-refractivity contribution in [1.29, 1.82) is 0 Å². The van der Waals surface area contributed by atoms with Crippen LogP contribution in [0.4, 0.5) is 4.39 Å². The maximum absolute atomic E-state index is 14.6. The number of halogens is 1. The number of aryl methyl sites for hydroxylation is 1. The first-order valence-corrected chi connectivity index (χ1v) is 16.2. The van der Waals surface area contributed by atoms with Gasteiger partial charge in [-0.05, 0) is 58.7 Å². The first kappa shape index (κ1) is 33.2. The number of benzene rings is 1. The number of nitrogens with one attached hydrogen (secondary N) is 1. The molecule has 3 heterocycles. The molecule has 12 nitrogen and oxygen atoms in total. The molecular formula is C32H39FN6O6S. The normalized spacial score (nSPS) is 14.8. The molecule has 0 bridgehead atoms. The summed E-state index contributed by atoms with van der Waals surface area (Å²) in [6.45, 7) is 6.10. The van der Waals surface area contributed by atoms with Crippen LogP contribution in [-0.2, 0) is 26.4 Å². The maximum atomic E-state index is 14.6. The van der Waals surface area contributed by atoms with E-state index in [0.29, 0.717) is 26.7 Å². The Labute approximate surface area is 269 Å². The van der Waals surface area contributed by atoms with E-state index in [4.69, 9.17) is 9.47 Å². The number of carbonyl (C=O) groups excluding carboxylic acids is 2. The predicted molar refractivity (Wildman–Crippen MR) is 171 cm³/mol. The number of ether oxygens (including phenoxy) is 2. The fraction of sp³-hybridized carbons (Fsp3) is 0.500. The number of hydrogen-bond acceptors (Lipinski definition) is 9. The summed E-state index contributed by atoms with van der Waals surface area (Å²) in [5.41, 5.74) is -2.07. The van der Waals surface area contributed by atoms with Crippen molar-refractivity contribution in [1.82, 2.24) is 29.4 Å². The van der Waals surface area contributed by atoms with Crippen LogP contribution in [0.5, 0.6) is 5.75 Å². The summed E-state index contributed by atoms with van der Waals surface area (Å²) < 4.78 is 28.6. The van der Waals surface area contributed by atoms with Gasteiger partial charge in [-0.1, -0.05) is 30.6 Å². The van der Waals surface area contributed by atoms with E-state index in [0.717, 1.165) is 48.0 Å². The fourth-order valence-electron chi connectivity index (χ4n) is 5.92. The minimum Gasteiger partial charge on any atom is -0.496 e. The van der Waals surface area contributed by atoms with Crippen LogP contribution in [0, 0.1) is 12.7 Å². The number of thiophene rings is 1. The molecule has 5 rings (SSSR count). The molecule has 1 aliphatic rings. The molecule has 1 atom stereocenters. The third kappa shape index (κ3) is 6.54. The van der Waals surface area contributed by atoms with Gasteiger partial charge in [0.2, 0.25) is 5.91 Å². The summed E-state index contributed by atoms with van der Waals surface area (Å²) in [6, 6.07) is 3.93. The van der Waals surface area contributed by atoms with Crippen molar-refractivity contribution >= 4 is 33.2 Å². The van der Waals surface area contributed by atoms with E-state index in [-0.39, 0.29) is 36.8 Å². The summed E-state index contributed by atoms with van der Waals surface area (Å²) in [5.74, 6) is -0.762. The fourth-order valence-corrected chi connectivity index (χ4v) is 7.14. The van der Waals surface area contributed by atoms with Crippen LogP contribution in [0.3, 0.4) is 0 Å². The average Bonchev–Trinajstić information content (AvgIpc) is 3.67. The average molecular weight is 655 g/mol. The van der Waals surface area contributed by atoms with Crippen LogP contribution in [-0.4, -0.2) is 55.6 Å². The molecule has 0 saturated heterocycles. The Balaban J connectivity index is 1.71. The Hall–Kier alpha value is -4.17. The van der Waals surface area contributed by atoms with E-state index in [2.05, 4.69) is 15.5 Å². The van der Waals surface area contributed by atoms with E-state index >= 15 is 0 Å². The van der Waals surface area contributed by atoms with Gasteiger partial charge in [0.05, 0.1) is 38.0 Å². The summed E-state index contributed by atoms with van der Waals surface area (Å²) in [4.78, 5) is 56.0. The number of Topliss-reactive ketones (excluding diaryl/α,β-unsaturated/α-hetero) is 1. The first-order chi connectivity index (χ1) is 21.9. The Morgan fingerprint density at radius 2 is 1.85 bits per heavy atom. The molecule has 46 heavy (non-hydrogen) atoms. The third-order valence-corrected chi connectivity index (χ3v) is 9.78. The van der Waals surface area contributed by atoms with Crippen LogP contribution < -0.4 is 21.3 Å². The van der Waals surface area contributed by atoms with E-state index in [1.165, 1.54) is 54.0 Å². The number of amides is 1. The monoisotopic (exact) mass is 654 g/mol. The molecule has 1 aromatic carbocycles. The van der Waals surface area contributed by atoms with E-state index in [1.807, 2.05) is 0 Å². The number of ketones is 1. The molecule has 4 aromatic rings. The second-order valence-corrected chi connectivity index (χ2v) is 13.1. The number of carbonyl (C=O) groups is 2. The van der Waals surface area contributed by atoms with Gasteiger partial charge in [-0.2, -0.15) is 10.2 Å². The topological polar surface area (TPSA) is 139 Å². The molecule has 1 fully saturated rings. The minimum absolute atomic E-state index is 0.00157. The minimum atomic E-state index is -1.57. The standard InChI is InChI=1S/C32H39FN6O6S/c1-19(40)13-16-45-25(23-17-21(33)11-12-24(23)44-5)18-37-29-26(20(2)28(46-29)39-34-14-15-35-39)27(41)38(31(37)43)32(3,4)30(42)36-22-9-7-6-8-10-22/h11-12,14-15,17,22,25H,6-10,13,16,18H2,1-5H3,(H,36,42)/t25-/m0/s1. The molecule has 246 valence electrons. The van der Waals surface area contributed by atoms with E-state index in [1.54, 1.807) is 20.8 Å². The Morgan fingerprint density at radius 3 is 2.50 bits per heavy atom.